The molecule has 2 fully saturated rings. The number of carboxylic acids is 1. The van der Waals surface area contributed by atoms with Crippen LogP contribution in [0.5, 0.6) is 11.5 Å². The van der Waals surface area contributed by atoms with E-state index >= 15 is 0 Å². The maximum absolute atomic E-state index is 12.1. The summed E-state index contributed by atoms with van der Waals surface area (Å²) in [7, 11) is 0. The van der Waals surface area contributed by atoms with Crippen molar-refractivity contribution < 1.29 is 29.0 Å². The molecule has 40 heavy (non-hydrogen) atoms. The molecule has 0 aromatic heterocycles. The van der Waals surface area contributed by atoms with Crippen molar-refractivity contribution in [3.63, 3.8) is 0 Å². The molecule has 5 rings (SSSR count). The maximum Gasteiger partial charge on any atom is 0.305 e. The van der Waals surface area contributed by atoms with Crippen LogP contribution in [0.4, 0.5) is 0 Å². The van der Waals surface area contributed by atoms with Crippen LogP contribution in [-0.4, -0.2) is 59.0 Å². The van der Waals surface area contributed by atoms with Crippen LogP contribution in [0.3, 0.4) is 0 Å². The third-order valence-electron chi connectivity index (χ3n) is 8.48. The summed E-state index contributed by atoms with van der Waals surface area (Å²) in [6, 6.07) is 12.0. The van der Waals surface area contributed by atoms with Crippen LogP contribution in [0, 0.1) is 12.8 Å². The normalized spacial score (nSPS) is 18.2. The molecule has 8 heteroatoms. The first-order chi connectivity index (χ1) is 19.4. The van der Waals surface area contributed by atoms with Gasteiger partial charge in [0.15, 0.2) is 0 Å². The van der Waals surface area contributed by atoms with E-state index in [1.54, 1.807) is 0 Å². The van der Waals surface area contributed by atoms with E-state index in [0.29, 0.717) is 19.1 Å². The predicted octanol–water partition coefficient (Wildman–Crippen LogP) is 5.06. The Bertz CT molecular complexity index is 1220. The summed E-state index contributed by atoms with van der Waals surface area (Å²) < 4.78 is 11.6. The predicted molar refractivity (Wildman–Crippen MR) is 150 cm³/mol. The molecule has 1 unspecified atom stereocenters. The molecule has 214 valence electrons. The summed E-state index contributed by atoms with van der Waals surface area (Å²) in [6.07, 6.45) is 7.58. The van der Waals surface area contributed by atoms with Crippen molar-refractivity contribution in [2.75, 3.05) is 26.3 Å². The van der Waals surface area contributed by atoms with Gasteiger partial charge in [-0.3, -0.25) is 24.2 Å². The molecule has 8 nitrogen and oxygen atoms in total. The average molecular weight is 549 g/mol. The Morgan fingerprint density at radius 1 is 1.07 bits per heavy atom. The number of hydrogen-bond donors (Lipinski definition) is 1. The van der Waals surface area contributed by atoms with Crippen molar-refractivity contribution in [2.45, 2.75) is 77.3 Å². The quantitative estimate of drug-likeness (QED) is 0.371. The van der Waals surface area contributed by atoms with Gasteiger partial charge in [0.2, 0.25) is 11.8 Å². The van der Waals surface area contributed by atoms with Gasteiger partial charge in [-0.15, -0.1) is 0 Å². The highest BCUT2D eigenvalue weighted by atomic mass is 16.5. The van der Waals surface area contributed by atoms with E-state index in [2.05, 4.69) is 17.0 Å². The van der Waals surface area contributed by atoms with Gasteiger partial charge < -0.3 is 14.6 Å². The summed E-state index contributed by atoms with van der Waals surface area (Å²) in [5.74, 6) is 1.12. The minimum absolute atomic E-state index is 0.0421. The standard InChI is InChI=1S/C32H40N2O6/c1-22-17-24(7-9-28(22)40-16-14-34-30(35)11-12-31(34)36)21-33(20-23-5-3-2-4-6-23)27(19-32(37)38)25-8-10-29-26(18-25)13-15-39-29/h7-10,17-18,23,27H,2-6,11-16,19-21H2,1H3,(H,37,38). The molecule has 2 heterocycles. The smallest absolute Gasteiger partial charge is 0.305 e. The lowest BCUT2D eigenvalue weighted by molar-refractivity contribution is -0.140. The Balaban J connectivity index is 1.33. The first kappa shape index (κ1) is 28.1. The number of rotatable bonds is 12. The van der Waals surface area contributed by atoms with Gasteiger partial charge in [0.1, 0.15) is 18.1 Å². The summed E-state index contributed by atoms with van der Waals surface area (Å²) >= 11 is 0. The topological polar surface area (TPSA) is 96.4 Å². The molecule has 0 spiro atoms. The minimum Gasteiger partial charge on any atom is -0.493 e. The van der Waals surface area contributed by atoms with E-state index in [-0.39, 0.29) is 50.3 Å². The van der Waals surface area contributed by atoms with E-state index in [4.69, 9.17) is 9.47 Å². The van der Waals surface area contributed by atoms with Crippen molar-refractivity contribution in [3.05, 3.63) is 58.7 Å². The summed E-state index contributed by atoms with van der Waals surface area (Å²) in [5, 5.41) is 9.92. The van der Waals surface area contributed by atoms with E-state index in [9.17, 15) is 19.5 Å². The zero-order valence-electron chi connectivity index (χ0n) is 23.4. The van der Waals surface area contributed by atoms with Gasteiger partial charge in [0, 0.05) is 38.4 Å². The van der Waals surface area contributed by atoms with E-state index in [1.165, 1.54) is 37.0 Å². The Labute approximate surface area is 236 Å². The molecule has 1 aliphatic carbocycles. The number of ether oxygens (including phenoxy) is 2. The number of aliphatic carboxylic acids is 1. The molecule has 0 radical (unpaired) electrons. The molecule has 3 aliphatic rings. The first-order valence-corrected chi connectivity index (χ1v) is 14.6. The van der Waals surface area contributed by atoms with E-state index < -0.39 is 5.97 Å². The van der Waals surface area contributed by atoms with Crippen molar-refractivity contribution in [1.29, 1.82) is 0 Å². The average Bonchev–Trinajstić information content (AvgIpc) is 3.54. The van der Waals surface area contributed by atoms with Crippen molar-refractivity contribution in [1.82, 2.24) is 9.80 Å². The second-order valence-electron chi connectivity index (χ2n) is 11.4. The molecule has 2 aromatic rings. The van der Waals surface area contributed by atoms with Crippen LogP contribution in [0.15, 0.2) is 36.4 Å². The Hall–Kier alpha value is -3.39. The number of likely N-dealkylation sites (tertiary alicyclic amines) is 1. The van der Waals surface area contributed by atoms with Gasteiger partial charge >= 0.3 is 5.97 Å². The molecule has 2 aromatic carbocycles. The lowest BCUT2D eigenvalue weighted by atomic mass is 9.87. The third-order valence-corrected chi connectivity index (χ3v) is 8.48. The van der Waals surface area contributed by atoms with Crippen LogP contribution in [-0.2, 0) is 27.3 Å². The number of nitrogens with zero attached hydrogens (tertiary/aromatic N) is 2. The fraction of sp³-hybridized carbons (Fsp3) is 0.531. The highest BCUT2D eigenvalue weighted by molar-refractivity contribution is 6.01. The fourth-order valence-corrected chi connectivity index (χ4v) is 6.37. The molecule has 2 aliphatic heterocycles. The van der Waals surface area contributed by atoms with Gasteiger partial charge in [-0.2, -0.15) is 0 Å². The van der Waals surface area contributed by atoms with Crippen molar-refractivity contribution >= 4 is 17.8 Å². The number of aryl methyl sites for hydroxylation is 1. The Morgan fingerprint density at radius 3 is 2.58 bits per heavy atom. The Morgan fingerprint density at radius 2 is 1.85 bits per heavy atom. The fourth-order valence-electron chi connectivity index (χ4n) is 6.37. The number of carboxylic acid groups (broad SMARTS) is 1. The number of benzene rings is 2. The number of carbonyl (C=O) groups is 3. The van der Waals surface area contributed by atoms with Gasteiger partial charge in [-0.25, -0.2) is 0 Å². The van der Waals surface area contributed by atoms with Gasteiger partial charge in [-0.1, -0.05) is 43.5 Å². The highest BCUT2D eigenvalue weighted by Crippen LogP contribution is 2.35. The van der Waals surface area contributed by atoms with Crippen molar-refractivity contribution in [2.24, 2.45) is 5.92 Å². The van der Waals surface area contributed by atoms with Crippen molar-refractivity contribution in [3.8, 4) is 11.5 Å². The SMILES string of the molecule is Cc1cc(CN(CC2CCCCC2)C(CC(=O)O)c2ccc3c(c2)CCO3)ccc1OCCN1C(=O)CCC1=O. The van der Waals surface area contributed by atoms with E-state index in [0.717, 1.165) is 46.7 Å². The molecule has 1 saturated carbocycles. The maximum atomic E-state index is 12.1. The second kappa shape index (κ2) is 12.9. The number of amides is 2. The van der Waals surface area contributed by atoms with Crippen LogP contribution in [0.2, 0.25) is 0 Å². The van der Waals surface area contributed by atoms with Gasteiger partial charge in [0.05, 0.1) is 19.6 Å². The lowest BCUT2D eigenvalue weighted by Crippen LogP contribution is -2.35. The minimum atomic E-state index is -0.801. The molecular weight excluding hydrogens is 508 g/mol. The summed E-state index contributed by atoms with van der Waals surface area (Å²) in [6.45, 7) is 4.68. The zero-order chi connectivity index (χ0) is 28.1. The molecule has 2 amide bonds. The number of imide groups is 1. The van der Waals surface area contributed by atoms with Crippen LogP contribution < -0.4 is 9.47 Å². The first-order valence-electron chi connectivity index (χ1n) is 14.6. The second-order valence-corrected chi connectivity index (χ2v) is 11.4. The van der Waals surface area contributed by atoms with Gasteiger partial charge in [-0.05, 0) is 60.1 Å². The molecular formula is C32H40N2O6. The highest BCUT2D eigenvalue weighted by Gasteiger charge is 2.29. The third kappa shape index (κ3) is 6.84. The number of carbonyl (C=O) groups excluding carboxylic acids is 2. The van der Waals surface area contributed by atoms with Gasteiger partial charge in [0.25, 0.3) is 0 Å². The molecule has 1 saturated heterocycles. The lowest BCUT2D eigenvalue weighted by Gasteiger charge is -2.36. The molecule has 1 atom stereocenters. The summed E-state index contributed by atoms with van der Waals surface area (Å²) in [4.78, 5) is 39.5. The monoisotopic (exact) mass is 548 g/mol. The van der Waals surface area contributed by atoms with Crippen LogP contribution >= 0.6 is 0 Å². The number of hydrogen-bond acceptors (Lipinski definition) is 6. The van der Waals surface area contributed by atoms with Crippen LogP contribution in [0.1, 0.15) is 79.7 Å². The summed E-state index contributed by atoms with van der Waals surface area (Å²) in [5.41, 5.74) is 4.26. The molecule has 1 N–H and O–H groups in total. The van der Waals surface area contributed by atoms with Crippen LogP contribution in [0.25, 0.3) is 0 Å². The number of fused-ring (bicyclic) bond motifs is 1. The largest absolute Gasteiger partial charge is 0.493 e. The molecule has 0 bridgehead atoms. The van der Waals surface area contributed by atoms with E-state index in [1.807, 2.05) is 31.2 Å². The zero-order valence-corrected chi connectivity index (χ0v) is 23.4. The Kier molecular flexibility index (Phi) is 9.04.